The number of nitrogens with zero attached hydrogens (tertiary/aromatic N) is 2. The molecule has 0 aliphatic heterocycles. The van der Waals surface area contributed by atoms with Gasteiger partial charge in [0.15, 0.2) is 5.78 Å². The Hall–Kier alpha value is -2.60. The van der Waals surface area contributed by atoms with Crippen LogP contribution in [0.15, 0.2) is 58.2 Å². The second-order valence-electron chi connectivity index (χ2n) is 5.13. The number of benzene rings is 2. The second kappa shape index (κ2) is 7.31. The molecule has 5 nitrogen and oxygen atoms in total. The molecule has 0 radical (unpaired) electrons. The van der Waals surface area contributed by atoms with Crippen molar-refractivity contribution in [2.75, 3.05) is 12.9 Å². The average Bonchev–Trinajstić information content (AvgIpc) is 3.09. The summed E-state index contributed by atoms with van der Waals surface area (Å²) in [5.74, 6) is 1.33. The minimum Gasteiger partial charge on any atom is -0.497 e. The third kappa shape index (κ3) is 3.65. The van der Waals surface area contributed by atoms with E-state index in [1.54, 1.807) is 31.4 Å². The van der Waals surface area contributed by atoms with Gasteiger partial charge in [-0.3, -0.25) is 4.79 Å². The molecule has 0 saturated heterocycles. The van der Waals surface area contributed by atoms with Crippen LogP contribution in [0, 0.1) is 6.92 Å². The van der Waals surface area contributed by atoms with Gasteiger partial charge in [-0.05, 0) is 30.7 Å². The van der Waals surface area contributed by atoms with Crippen LogP contribution in [0.1, 0.15) is 15.9 Å². The van der Waals surface area contributed by atoms with Gasteiger partial charge in [0.2, 0.25) is 5.89 Å². The molecule has 1 aromatic heterocycles. The molecule has 2 aromatic carbocycles. The Bertz CT molecular complexity index is 861. The first-order valence-corrected chi connectivity index (χ1v) is 8.35. The molecule has 0 amide bonds. The van der Waals surface area contributed by atoms with Gasteiger partial charge in [-0.15, -0.1) is 10.2 Å². The van der Waals surface area contributed by atoms with E-state index < -0.39 is 0 Å². The first-order valence-electron chi connectivity index (χ1n) is 7.37. The molecule has 6 heteroatoms. The normalized spacial score (nSPS) is 10.6. The van der Waals surface area contributed by atoms with Crippen molar-refractivity contribution in [1.29, 1.82) is 0 Å². The maximum atomic E-state index is 12.3. The summed E-state index contributed by atoms with van der Waals surface area (Å²) in [4.78, 5) is 12.3. The van der Waals surface area contributed by atoms with Gasteiger partial charge in [0.1, 0.15) is 5.75 Å². The van der Waals surface area contributed by atoms with Crippen molar-refractivity contribution < 1.29 is 13.9 Å². The highest BCUT2D eigenvalue weighted by Crippen LogP contribution is 2.26. The number of carbonyl (C=O) groups is 1. The van der Waals surface area contributed by atoms with E-state index in [1.807, 2.05) is 31.2 Å². The minimum atomic E-state index is -0.0189. The lowest BCUT2D eigenvalue weighted by molar-refractivity contribution is 0.102. The van der Waals surface area contributed by atoms with Crippen LogP contribution in [0.4, 0.5) is 0 Å². The molecule has 0 N–H and O–H groups in total. The molecule has 0 unspecified atom stereocenters. The minimum absolute atomic E-state index is 0.0189. The standard InChI is InChI=1S/C18H16N2O3S/c1-12-6-3-4-9-15(12)17-19-20-18(23-17)24-11-16(21)13-7-5-8-14(10-13)22-2/h3-10H,11H2,1-2H3. The van der Waals surface area contributed by atoms with E-state index in [2.05, 4.69) is 10.2 Å². The number of rotatable bonds is 6. The summed E-state index contributed by atoms with van der Waals surface area (Å²) >= 11 is 1.23. The zero-order chi connectivity index (χ0) is 16.9. The third-order valence-electron chi connectivity index (χ3n) is 3.50. The lowest BCUT2D eigenvalue weighted by atomic mass is 10.1. The van der Waals surface area contributed by atoms with Crippen molar-refractivity contribution in [2.24, 2.45) is 0 Å². The molecule has 0 fully saturated rings. The summed E-state index contributed by atoms with van der Waals surface area (Å²) in [7, 11) is 1.57. The van der Waals surface area contributed by atoms with E-state index in [1.165, 1.54) is 11.8 Å². The molecule has 0 spiro atoms. The highest BCUT2D eigenvalue weighted by atomic mass is 32.2. The molecule has 0 aliphatic carbocycles. The number of thioether (sulfide) groups is 1. The van der Waals surface area contributed by atoms with Crippen molar-refractivity contribution in [1.82, 2.24) is 10.2 Å². The van der Waals surface area contributed by atoms with E-state index in [-0.39, 0.29) is 11.5 Å². The Labute approximate surface area is 144 Å². The molecule has 0 bridgehead atoms. The van der Waals surface area contributed by atoms with Gasteiger partial charge in [-0.2, -0.15) is 0 Å². The monoisotopic (exact) mass is 340 g/mol. The van der Waals surface area contributed by atoms with Crippen LogP contribution < -0.4 is 4.74 Å². The van der Waals surface area contributed by atoms with Crippen LogP contribution in [0.3, 0.4) is 0 Å². The van der Waals surface area contributed by atoms with Gasteiger partial charge >= 0.3 is 0 Å². The smallest absolute Gasteiger partial charge is 0.277 e. The predicted molar refractivity (Wildman–Crippen MR) is 92.5 cm³/mol. The maximum absolute atomic E-state index is 12.3. The van der Waals surface area contributed by atoms with Gasteiger partial charge < -0.3 is 9.15 Å². The van der Waals surface area contributed by atoms with Crippen LogP contribution >= 0.6 is 11.8 Å². The van der Waals surface area contributed by atoms with E-state index in [4.69, 9.17) is 9.15 Å². The zero-order valence-electron chi connectivity index (χ0n) is 13.4. The average molecular weight is 340 g/mol. The van der Waals surface area contributed by atoms with Gasteiger partial charge in [-0.1, -0.05) is 42.1 Å². The first kappa shape index (κ1) is 16.3. The van der Waals surface area contributed by atoms with Crippen molar-refractivity contribution in [3.05, 3.63) is 59.7 Å². The molecule has 3 aromatic rings. The fourth-order valence-electron chi connectivity index (χ4n) is 2.20. The Morgan fingerprint density at radius 3 is 2.79 bits per heavy atom. The van der Waals surface area contributed by atoms with Crippen LogP contribution in [0.25, 0.3) is 11.5 Å². The highest BCUT2D eigenvalue weighted by Gasteiger charge is 2.13. The molecule has 24 heavy (non-hydrogen) atoms. The van der Waals surface area contributed by atoms with Crippen LogP contribution in [-0.2, 0) is 0 Å². The van der Waals surface area contributed by atoms with Crippen LogP contribution in [-0.4, -0.2) is 28.8 Å². The molecule has 0 atom stereocenters. The Morgan fingerprint density at radius 1 is 1.17 bits per heavy atom. The summed E-state index contributed by atoms with van der Waals surface area (Å²) in [6.07, 6.45) is 0. The first-order chi connectivity index (χ1) is 11.7. The van der Waals surface area contributed by atoms with Gasteiger partial charge in [0.25, 0.3) is 5.22 Å². The van der Waals surface area contributed by atoms with Crippen molar-refractivity contribution in [3.63, 3.8) is 0 Å². The number of Topliss-reactive ketones (excluding diaryl/α,β-unsaturated/α-hetero) is 1. The second-order valence-corrected chi connectivity index (χ2v) is 6.06. The van der Waals surface area contributed by atoms with Crippen LogP contribution in [0.2, 0.25) is 0 Å². The lowest BCUT2D eigenvalue weighted by Gasteiger charge is -2.02. The molecule has 0 saturated carbocycles. The number of ether oxygens (including phenoxy) is 1. The van der Waals surface area contributed by atoms with Crippen molar-refractivity contribution in [2.45, 2.75) is 12.1 Å². The predicted octanol–water partition coefficient (Wildman–Crippen LogP) is 4.03. The highest BCUT2D eigenvalue weighted by molar-refractivity contribution is 7.99. The SMILES string of the molecule is COc1cccc(C(=O)CSc2nnc(-c3ccccc3C)o2)c1. The molecule has 0 aliphatic rings. The van der Waals surface area contributed by atoms with Gasteiger partial charge in [0.05, 0.1) is 12.9 Å². The number of methoxy groups -OCH3 is 1. The number of aryl methyl sites for hydroxylation is 1. The van der Waals surface area contributed by atoms with Gasteiger partial charge in [-0.25, -0.2) is 0 Å². The maximum Gasteiger partial charge on any atom is 0.277 e. The molecular formula is C18H16N2O3S. The number of carbonyl (C=O) groups excluding carboxylic acids is 1. The number of hydrogen-bond donors (Lipinski definition) is 0. The molecule has 3 rings (SSSR count). The summed E-state index contributed by atoms with van der Waals surface area (Å²) < 4.78 is 10.8. The zero-order valence-corrected chi connectivity index (χ0v) is 14.2. The quantitative estimate of drug-likeness (QED) is 0.499. The topological polar surface area (TPSA) is 65.2 Å². The molecular weight excluding hydrogens is 324 g/mol. The number of aromatic nitrogens is 2. The third-order valence-corrected chi connectivity index (χ3v) is 4.32. The van der Waals surface area contributed by atoms with E-state index in [9.17, 15) is 4.79 Å². The van der Waals surface area contributed by atoms with E-state index in [0.717, 1.165) is 11.1 Å². The van der Waals surface area contributed by atoms with Crippen molar-refractivity contribution in [3.8, 4) is 17.2 Å². The number of ketones is 1. The van der Waals surface area contributed by atoms with E-state index in [0.29, 0.717) is 22.4 Å². The largest absolute Gasteiger partial charge is 0.497 e. The Morgan fingerprint density at radius 2 is 2.00 bits per heavy atom. The fraction of sp³-hybridized carbons (Fsp3) is 0.167. The summed E-state index contributed by atoms with van der Waals surface area (Å²) in [6, 6.07) is 14.9. The summed E-state index contributed by atoms with van der Waals surface area (Å²) in [6.45, 7) is 1.98. The van der Waals surface area contributed by atoms with E-state index >= 15 is 0 Å². The van der Waals surface area contributed by atoms with Crippen LogP contribution in [0.5, 0.6) is 5.75 Å². The lowest BCUT2D eigenvalue weighted by Crippen LogP contribution is -2.02. The molecule has 122 valence electrons. The summed E-state index contributed by atoms with van der Waals surface area (Å²) in [5, 5.41) is 8.44. The van der Waals surface area contributed by atoms with Gasteiger partial charge in [0, 0.05) is 11.1 Å². The Kier molecular flexibility index (Phi) is 4.96. The Balaban J connectivity index is 1.67. The number of hydrogen-bond acceptors (Lipinski definition) is 6. The molecule has 1 heterocycles. The fourth-order valence-corrected chi connectivity index (χ4v) is 2.85. The summed E-state index contributed by atoms with van der Waals surface area (Å²) in [5.41, 5.74) is 2.56. The van der Waals surface area contributed by atoms with Crippen molar-refractivity contribution >= 4 is 17.5 Å².